The van der Waals surface area contributed by atoms with E-state index in [1.165, 1.54) is 13.1 Å². The molecule has 0 bridgehead atoms. The Labute approximate surface area is 87.2 Å². The molecule has 0 N–H and O–H groups in total. The van der Waals surface area contributed by atoms with Gasteiger partial charge in [-0.05, 0) is 18.3 Å². The van der Waals surface area contributed by atoms with E-state index in [1.54, 1.807) is 0 Å². The van der Waals surface area contributed by atoms with E-state index < -0.39 is 8.07 Å². The summed E-state index contributed by atoms with van der Waals surface area (Å²) in [6.07, 6.45) is 0. The highest BCUT2D eigenvalue weighted by atomic mass is 28.4. The monoisotopic (exact) mass is 216 g/mol. The van der Waals surface area contributed by atoms with Crippen molar-refractivity contribution in [2.45, 2.75) is 52.1 Å². The minimum absolute atomic E-state index is 0.270. The highest BCUT2D eigenvalue weighted by Crippen LogP contribution is 2.25. The average molecular weight is 216 g/mol. The van der Waals surface area contributed by atoms with Gasteiger partial charge in [-0.2, -0.15) is 0 Å². The van der Waals surface area contributed by atoms with Gasteiger partial charge in [0.25, 0.3) is 0 Å². The molecule has 0 saturated heterocycles. The summed E-state index contributed by atoms with van der Waals surface area (Å²) in [4.78, 5) is 0. The van der Waals surface area contributed by atoms with Crippen molar-refractivity contribution >= 4 is 17.0 Å². The van der Waals surface area contributed by atoms with Crippen LogP contribution >= 0.6 is 0 Å². The van der Waals surface area contributed by atoms with Crippen molar-refractivity contribution in [2.75, 3.05) is 13.1 Å². The van der Waals surface area contributed by atoms with Crippen molar-refractivity contribution in [1.82, 2.24) is 4.57 Å². The highest BCUT2D eigenvalue weighted by molar-refractivity contribution is 6.88. The van der Waals surface area contributed by atoms with Crippen molar-refractivity contribution in [3.8, 4) is 0 Å². The first-order valence-corrected chi connectivity index (χ1v) is 11.0. The van der Waals surface area contributed by atoms with E-state index in [9.17, 15) is 0 Å². The van der Waals surface area contributed by atoms with Gasteiger partial charge in [0.1, 0.15) is 8.96 Å². The Bertz CT molecular complexity index is 138. The minimum atomic E-state index is -0.915. The van der Waals surface area contributed by atoms with Crippen LogP contribution in [0, 0.1) is 0 Å². The van der Waals surface area contributed by atoms with E-state index in [0.717, 1.165) is 5.16 Å². The maximum Gasteiger partial charge on any atom is 0.133 e. The van der Waals surface area contributed by atoms with Crippen molar-refractivity contribution in [1.29, 1.82) is 0 Å². The van der Waals surface area contributed by atoms with Gasteiger partial charge in [-0.1, -0.05) is 47.0 Å². The molecule has 0 aliphatic heterocycles. The topological polar surface area (TPSA) is 3.24 Å². The summed E-state index contributed by atoms with van der Waals surface area (Å²) in [5.74, 6) is 0. The van der Waals surface area contributed by atoms with E-state index in [1.807, 2.05) is 0 Å². The Morgan fingerprint density at radius 3 is 1.77 bits per heavy atom. The summed E-state index contributed by atoms with van der Waals surface area (Å²) in [5.41, 5.74) is 0. The second kappa shape index (κ2) is 5.32. The molecular weight excluding hydrogens is 190 g/mol. The van der Waals surface area contributed by atoms with Crippen LogP contribution in [0.3, 0.4) is 0 Å². The van der Waals surface area contributed by atoms with Crippen molar-refractivity contribution in [2.24, 2.45) is 0 Å². The Morgan fingerprint density at radius 2 is 1.54 bits per heavy atom. The second-order valence-corrected chi connectivity index (χ2v) is 13.9. The lowest BCUT2D eigenvalue weighted by Crippen LogP contribution is -2.47. The van der Waals surface area contributed by atoms with Gasteiger partial charge in [0.05, 0.1) is 0 Å². The SMILES string of the molecule is CCN(CC)[Si](C)C(C)[Si](C)(C)C. The fourth-order valence-corrected chi connectivity index (χ4v) is 8.73. The molecule has 0 aromatic carbocycles. The third-order valence-electron chi connectivity index (χ3n) is 3.19. The molecule has 0 amide bonds. The highest BCUT2D eigenvalue weighted by Gasteiger charge is 2.31. The van der Waals surface area contributed by atoms with Crippen LogP contribution in [0.15, 0.2) is 0 Å². The van der Waals surface area contributed by atoms with Crippen LogP contribution in [0.25, 0.3) is 0 Å². The minimum Gasteiger partial charge on any atom is -0.325 e. The molecule has 0 heterocycles. The summed E-state index contributed by atoms with van der Waals surface area (Å²) in [6, 6.07) is 0. The first kappa shape index (κ1) is 13.4. The van der Waals surface area contributed by atoms with Crippen LogP contribution in [-0.4, -0.2) is 34.7 Å². The Balaban J connectivity index is 4.31. The molecule has 0 fully saturated rings. The quantitative estimate of drug-likeness (QED) is 0.638. The van der Waals surface area contributed by atoms with Crippen molar-refractivity contribution in [3.63, 3.8) is 0 Å². The molecule has 1 nitrogen and oxygen atoms in total. The standard InChI is InChI=1S/C10H26NSi2/c1-8-11(9-2)12(4)10(3)13(5,6)7/h10H,8-9H2,1-7H3. The Hall–Kier alpha value is 0.394. The molecule has 79 valence electrons. The van der Waals surface area contributed by atoms with Crippen LogP contribution in [-0.2, 0) is 0 Å². The molecule has 0 aliphatic rings. The number of rotatable bonds is 5. The van der Waals surface area contributed by atoms with E-state index in [2.05, 4.69) is 51.5 Å². The summed E-state index contributed by atoms with van der Waals surface area (Å²) >= 11 is 0. The van der Waals surface area contributed by atoms with Crippen LogP contribution < -0.4 is 0 Å². The smallest absolute Gasteiger partial charge is 0.133 e. The van der Waals surface area contributed by atoms with Crippen LogP contribution in [0.1, 0.15) is 20.8 Å². The number of hydrogen-bond donors (Lipinski definition) is 0. The van der Waals surface area contributed by atoms with Gasteiger partial charge < -0.3 is 4.57 Å². The summed E-state index contributed by atoms with van der Waals surface area (Å²) in [6.45, 7) is 19.5. The zero-order valence-electron chi connectivity index (χ0n) is 10.4. The summed E-state index contributed by atoms with van der Waals surface area (Å²) in [7, 11) is -1.19. The fraction of sp³-hybridized carbons (Fsp3) is 1.00. The van der Waals surface area contributed by atoms with Crippen molar-refractivity contribution < 1.29 is 0 Å². The molecule has 0 saturated carbocycles. The largest absolute Gasteiger partial charge is 0.325 e. The van der Waals surface area contributed by atoms with Gasteiger partial charge in [0, 0.05) is 8.07 Å². The van der Waals surface area contributed by atoms with Gasteiger partial charge in [0.15, 0.2) is 0 Å². The lowest BCUT2D eigenvalue weighted by Gasteiger charge is -2.36. The Kier molecular flexibility index (Phi) is 5.48. The molecule has 3 heteroatoms. The summed E-state index contributed by atoms with van der Waals surface area (Å²) in [5, 5.41) is 0.984. The van der Waals surface area contributed by atoms with E-state index in [-0.39, 0.29) is 8.96 Å². The lowest BCUT2D eigenvalue weighted by molar-refractivity contribution is 0.477. The maximum atomic E-state index is 2.67. The zero-order chi connectivity index (χ0) is 10.6. The molecule has 0 aromatic heterocycles. The predicted molar refractivity (Wildman–Crippen MR) is 67.3 cm³/mol. The molecular formula is C10H26NSi2. The molecule has 1 atom stereocenters. The Morgan fingerprint density at radius 1 is 1.15 bits per heavy atom. The lowest BCUT2D eigenvalue weighted by atomic mass is 10.7. The maximum absolute atomic E-state index is 2.67. The van der Waals surface area contributed by atoms with Gasteiger partial charge in [-0.15, -0.1) is 0 Å². The first-order chi connectivity index (χ1) is 5.84. The third kappa shape index (κ3) is 3.96. The molecule has 0 rings (SSSR count). The molecule has 0 aromatic rings. The van der Waals surface area contributed by atoms with Crippen LogP contribution in [0.2, 0.25) is 31.4 Å². The van der Waals surface area contributed by atoms with E-state index in [4.69, 9.17) is 0 Å². The average Bonchev–Trinajstić information content (AvgIpc) is 2.03. The normalized spacial score (nSPS) is 15.5. The molecule has 0 aliphatic carbocycles. The van der Waals surface area contributed by atoms with Gasteiger partial charge in [0.2, 0.25) is 0 Å². The van der Waals surface area contributed by atoms with E-state index >= 15 is 0 Å². The number of hydrogen-bond acceptors (Lipinski definition) is 1. The van der Waals surface area contributed by atoms with Crippen molar-refractivity contribution in [3.05, 3.63) is 0 Å². The van der Waals surface area contributed by atoms with Gasteiger partial charge in [-0.3, -0.25) is 0 Å². The molecule has 1 radical (unpaired) electrons. The van der Waals surface area contributed by atoms with E-state index in [0.29, 0.717) is 0 Å². The molecule has 13 heavy (non-hydrogen) atoms. The zero-order valence-corrected chi connectivity index (χ0v) is 12.4. The fourth-order valence-electron chi connectivity index (χ4n) is 1.62. The third-order valence-corrected chi connectivity index (χ3v) is 12.5. The van der Waals surface area contributed by atoms with Crippen LogP contribution in [0.5, 0.6) is 0 Å². The summed E-state index contributed by atoms with van der Waals surface area (Å²) < 4.78 is 2.67. The van der Waals surface area contributed by atoms with Gasteiger partial charge in [-0.25, -0.2) is 0 Å². The molecule has 0 spiro atoms. The molecule has 1 unspecified atom stereocenters. The first-order valence-electron chi connectivity index (χ1n) is 5.42. The van der Waals surface area contributed by atoms with Crippen LogP contribution in [0.4, 0.5) is 0 Å². The predicted octanol–water partition coefficient (Wildman–Crippen LogP) is 3.22. The number of nitrogens with zero attached hydrogens (tertiary/aromatic N) is 1. The second-order valence-electron chi connectivity index (χ2n) is 4.90. The van der Waals surface area contributed by atoms with Gasteiger partial charge >= 0.3 is 0 Å².